The van der Waals surface area contributed by atoms with Crippen molar-refractivity contribution in [1.29, 1.82) is 0 Å². The van der Waals surface area contributed by atoms with Crippen LogP contribution >= 0.6 is 0 Å². The molecule has 0 heterocycles. The van der Waals surface area contributed by atoms with Crippen LogP contribution in [0.15, 0.2) is 30.3 Å². The van der Waals surface area contributed by atoms with E-state index in [1.165, 1.54) is 37.7 Å². The van der Waals surface area contributed by atoms with Gasteiger partial charge in [-0.1, -0.05) is 69.4 Å². The standard InChI is InChI=1S/C18H28O3/c1-2-3-6-11-16(17-12-7-4-8-13-17)14-9-5-10-15-21-18(19)20/h4,7-8,12-13,16H,2-3,5-6,9-11,14-15H2,1H3,(H,19,20). The molecular weight excluding hydrogens is 264 g/mol. The van der Waals surface area contributed by atoms with Gasteiger partial charge in [0.2, 0.25) is 0 Å². The van der Waals surface area contributed by atoms with E-state index in [2.05, 4.69) is 42.0 Å². The zero-order valence-electron chi connectivity index (χ0n) is 13.1. The first-order valence-corrected chi connectivity index (χ1v) is 8.14. The Morgan fingerprint density at radius 3 is 2.33 bits per heavy atom. The highest BCUT2D eigenvalue weighted by molar-refractivity contribution is 5.56. The number of unbranched alkanes of at least 4 members (excludes halogenated alkanes) is 4. The summed E-state index contributed by atoms with van der Waals surface area (Å²) < 4.78 is 4.53. The second-order valence-electron chi connectivity index (χ2n) is 5.57. The minimum absolute atomic E-state index is 0.321. The number of ether oxygens (including phenoxy) is 1. The second-order valence-corrected chi connectivity index (χ2v) is 5.57. The molecule has 118 valence electrons. The highest BCUT2D eigenvalue weighted by atomic mass is 16.7. The normalized spacial score (nSPS) is 12.0. The summed E-state index contributed by atoms with van der Waals surface area (Å²) in [6, 6.07) is 10.7. The fourth-order valence-corrected chi connectivity index (χ4v) is 2.67. The number of carbonyl (C=O) groups is 1. The van der Waals surface area contributed by atoms with Gasteiger partial charge in [0.05, 0.1) is 6.61 Å². The molecule has 0 bridgehead atoms. The van der Waals surface area contributed by atoms with Crippen LogP contribution in [-0.2, 0) is 4.74 Å². The molecule has 3 nitrogen and oxygen atoms in total. The lowest BCUT2D eigenvalue weighted by molar-refractivity contribution is 0.0899. The van der Waals surface area contributed by atoms with E-state index in [1.54, 1.807) is 0 Å². The quantitative estimate of drug-likeness (QED) is 0.426. The third kappa shape index (κ3) is 8.38. The Bertz CT molecular complexity index is 375. The molecule has 1 aromatic carbocycles. The molecule has 0 amide bonds. The van der Waals surface area contributed by atoms with Crippen molar-refractivity contribution in [3.8, 4) is 0 Å². The van der Waals surface area contributed by atoms with Crippen molar-refractivity contribution in [2.45, 2.75) is 64.2 Å². The molecule has 0 aromatic heterocycles. The molecule has 1 unspecified atom stereocenters. The van der Waals surface area contributed by atoms with Crippen molar-refractivity contribution >= 4 is 6.16 Å². The molecule has 0 aliphatic heterocycles. The summed E-state index contributed by atoms with van der Waals surface area (Å²) in [4.78, 5) is 10.2. The van der Waals surface area contributed by atoms with Crippen molar-refractivity contribution < 1.29 is 14.6 Å². The molecular formula is C18H28O3. The van der Waals surface area contributed by atoms with Gasteiger partial charge in [-0.3, -0.25) is 0 Å². The molecule has 0 aliphatic rings. The largest absolute Gasteiger partial charge is 0.505 e. The van der Waals surface area contributed by atoms with Crippen molar-refractivity contribution in [2.75, 3.05) is 6.61 Å². The highest BCUT2D eigenvalue weighted by Crippen LogP contribution is 2.28. The topological polar surface area (TPSA) is 46.5 Å². The number of hydrogen-bond acceptors (Lipinski definition) is 2. The Kier molecular flexibility index (Phi) is 9.34. The lowest BCUT2D eigenvalue weighted by Gasteiger charge is -2.17. The van der Waals surface area contributed by atoms with E-state index in [4.69, 9.17) is 5.11 Å². The van der Waals surface area contributed by atoms with Gasteiger partial charge in [0.15, 0.2) is 0 Å². The van der Waals surface area contributed by atoms with Crippen LogP contribution in [0.4, 0.5) is 4.79 Å². The molecule has 21 heavy (non-hydrogen) atoms. The average molecular weight is 292 g/mol. The zero-order chi connectivity index (χ0) is 15.3. The van der Waals surface area contributed by atoms with Gasteiger partial charge in [0, 0.05) is 0 Å². The molecule has 0 saturated carbocycles. The van der Waals surface area contributed by atoms with E-state index < -0.39 is 6.16 Å². The molecule has 3 heteroatoms. The molecule has 0 fully saturated rings. The van der Waals surface area contributed by atoms with Gasteiger partial charge in [0.25, 0.3) is 0 Å². The van der Waals surface area contributed by atoms with Gasteiger partial charge < -0.3 is 9.84 Å². The van der Waals surface area contributed by atoms with Gasteiger partial charge in [-0.2, -0.15) is 0 Å². The number of carboxylic acid groups (broad SMARTS) is 1. The SMILES string of the molecule is CCCCCC(CCCCCOC(=O)O)c1ccccc1. The van der Waals surface area contributed by atoms with Crippen LogP contribution in [0.3, 0.4) is 0 Å². The molecule has 0 aliphatic carbocycles. The smallest absolute Gasteiger partial charge is 0.450 e. The van der Waals surface area contributed by atoms with Crippen LogP contribution < -0.4 is 0 Å². The van der Waals surface area contributed by atoms with Crippen LogP contribution in [0.1, 0.15) is 69.8 Å². The molecule has 1 atom stereocenters. The first kappa shape index (κ1) is 17.5. The Balaban J connectivity index is 2.30. The number of benzene rings is 1. The summed E-state index contributed by atoms with van der Waals surface area (Å²) in [5, 5.41) is 8.41. The fraction of sp³-hybridized carbons (Fsp3) is 0.611. The zero-order valence-corrected chi connectivity index (χ0v) is 13.1. The van der Waals surface area contributed by atoms with Gasteiger partial charge in [-0.05, 0) is 30.7 Å². The maximum absolute atomic E-state index is 10.2. The van der Waals surface area contributed by atoms with Crippen molar-refractivity contribution in [2.24, 2.45) is 0 Å². The molecule has 0 saturated heterocycles. The molecule has 1 aromatic rings. The highest BCUT2D eigenvalue weighted by Gasteiger charge is 2.10. The Morgan fingerprint density at radius 2 is 1.71 bits per heavy atom. The third-order valence-electron chi connectivity index (χ3n) is 3.85. The molecule has 0 radical (unpaired) electrons. The predicted molar refractivity (Wildman–Crippen MR) is 85.8 cm³/mol. The van der Waals surface area contributed by atoms with Crippen LogP contribution in [0.25, 0.3) is 0 Å². The summed E-state index contributed by atoms with van der Waals surface area (Å²) in [7, 11) is 0. The van der Waals surface area contributed by atoms with Crippen LogP contribution in [0.5, 0.6) is 0 Å². The van der Waals surface area contributed by atoms with E-state index in [0.717, 1.165) is 19.3 Å². The van der Waals surface area contributed by atoms with Crippen molar-refractivity contribution in [1.82, 2.24) is 0 Å². The van der Waals surface area contributed by atoms with Crippen LogP contribution in [0, 0.1) is 0 Å². The second kappa shape index (κ2) is 11.2. The van der Waals surface area contributed by atoms with E-state index in [1.807, 2.05) is 0 Å². The number of rotatable bonds is 11. The summed E-state index contributed by atoms with van der Waals surface area (Å²) >= 11 is 0. The maximum atomic E-state index is 10.2. The fourth-order valence-electron chi connectivity index (χ4n) is 2.67. The first-order valence-electron chi connectivity index (χ1n) is 8.14. The minimum atomic E-state index is -1.17. The first-order chi connectivity index (χ1) is 10.2. The monoisotopic (exact) mass is 292 g/mol. The maximum Gasteiger partial charge on any atom is 0.505 e. The molecule has 1 rings (SSSR count). The summed E-state index contributed by atoms with van der Waals surface area (Å²) in [5.41, 5.74) is 1.44. The van der Waals surface area contributed by atoms with E-state index >= 15 is 0 Å². The van der Waals surface area contributed by atoms with Crippen LogP contribution in [-0.4, -0.2) is 17.9 Å². The summed E-state index contributed by atoms with van der Waals surface area (Å²) in [5.74, 6) is 0.637. The lowest BCUT2D eigenvalue weighted by Crippen LogP contribution is -2.02. The molecule has 1 N–H and O–H groups in total. The predicted octanol–water partition coefficient (Wildman–Crippen LogP) is 5.61. The lowest BCUT2D eigenvalue weighted by atomic mass is 9.88. The van der Waals surface area contributed by atoms with E-state index in [0.29, 0.717) is 12.5 Å². The molecule has 0 spiro atoms. The Hall–Kier alpha value is -1.51. The van der Waals surface area contributed by atoms with Gasteiger partial charge in [-0.15, -0.1) is 0 Å². The van der Waals surface area contributed by atoms with Gasteiger partial charge >= 0.3 is 6.16 Å². The van der Waals surface area contributed by atoms with Gasteiger partial charge in [0.1, 0.15) is 0 Å². The van der Waals surface area contributed by atoms with Crippen molar-refractivity contribution in [3.05, 3.63) is 35.9 Å². The van der Waals surface area contributed by atoms with Crippen molar-refractivity contribution in [3.63, 3.8) is 0 Å². The Morgan fingerprint density at radius 1 is 1.05 bits per heavy atom. The van der Waals surface area contributed by atoms with Crippen LogP contribution in [0.2, 0.25) is 0 Å². The van der Waals surface area contributed by atoms with Gasteiger partial charge in [-0.25, -0.2) is 4.79 Å². The summed E-state index contributed by atoms with van der Waals surface area (Å²) in [6.07, 6.45) is 8.10. The Labute approximate surface area is 128 Å². The third-order valence-corrected chi connectivity index (χ3v) is 3.85. The summed E-state index contributed by atoms with van der Waals surface area (Å²) in [6.45, 7) is 2.56. The number of hydrogen-bond donors (Lipinski definition) is 1. The van der Waals surface area contributed by atoms with E-state index in [-0.39, 0.29) is 0 Å². The minimum Gasteiger partial charge on any atom is -0.450 e. The van der Waals surface area contributed by atoms with E-state index in [9.17, 15) is 4.79 Å². The average Bonchev–Trinajstić information content (AvgIpc) is 2.49.